The van der Waals surface area contributed by atoms with Gasteiger partial charge in [-0.2, -0.15) is 0 Å². The number of nitrogens with zero attached hydrogens (tertiary/aromatic N) is 1. The van der Waals surface area contributed by atoms with Crippen LogP contribution in [0.1, 0.15) is 15.9 Å². The van der Waals surface area contributed by atoms with E-state index in [2.05, 4.69) is 10.3 Å². The van der Waals surface area contributed by atoms with Crippen LogP contribution in [0.4, 0.5) is 13.9 Å². The number of fused-ring (bicyclic) bond motifs is 1. The highest BCUT2D eigenvalue weighted by Crippen LogP contribution is 2.32. The Labute approximate surface area is 146 Å². The fourth-order valence-electron chi connectivity index (χ4n) is 2.68. The molecule has 2 aromatic carbocycles. The van der Waals surface area contributed by atoms with Crippen molar-refractivity contribution in [3.63, 3.8) is 0 Å². The highest BCUT2D eigenvalue weighted by atomic mass is 32.1. The Bertz CT molecular complexity index is 951. The highest BCUT2D eigenvalue weighted by Gasteiger charge is 2.19. The summed E-state index contributed by atoms with van der Waals surface area (Å²) >= 11 is 1.19. The number of anilines is 1. The lowest BCUT2D eigenvalue weighted by Crippen LogP contribution is -2.15. The number of carbonyl (C=O) groups is 1. The molecule has 25 heavy (non-hydrogen) atoms. The summed E-state index contributed by atoms with van der Waals surface area (Å²) in [6, 6.07) is 9.07. The Morgan fingerprint density at radius 2 is 2.00 bits per heavy atom. The zero-order valence-corrected chi connectivity index (χ0v) is 13.7. The maximum atomic E-state index is 13.7. The monoisotopic (exact) mass is 358 g/mol. The highest BCUT2D eigenvalue weighted by molar-refractivity contribution is 7.14. The summed E-state index contributed by atoms with van der Waals surface area (Å²) < 4.78 is 32.8. The van der Waals surface area contributed by atoms with Gasteiger partial charge in [-0.15, -0.1) is 11.3 Å². The van der Waals surface area contributed by atoms with Crippen molar-refractivity contribution in [3.05, 3.63) is 64.5 Å². The number of benzene rings is 2. The molecule has 1 aliphatic rings. The fourth-order valence-corrected chi connectivity index (χ4v) is 3.40. The lowest BCUT2D eigenvalue weighted by Gasteiger charge is -2.04. The first-order valence-electron chi connectivity index (χ1n) is 7.59. The van der Waals surface area contributed by atoms with Gasteiger partial charge in [-0.05, 0) is 35.9 Å². The smallest absolute Gasteiger partial charge is 0.263 e. The molecule has 1 aromatic heterocycles. The number of halogens is 2. The first kappa shape index (κ1) is 15.7. The lowest BCUT2D eigenvalue weighted by molar-refractivity contribution is 0.101. The number of thiazole rings is 1. The van der Waals surface area contributed by atoms with E-state index in [0.717, 1.165) is 35.4 Å². The number of hydrogen-bond donors (Lipinski definition) is 1. The normalized spacial score (nSPS) is 12.6. The molecular formula is C18H12F2N2O2S. The Kier molecular flexibility index (Phi) is 3.93. The van der Waals surface area contributed by atoms with Crippen molar-refractivity contribution in [1.82, 2.24) is 4.98 Å². The molecule has 7 heteroatoms. The van der Waals surface area contributed by atoms with Crippen LogP contribution in [0.5, 0.6) is 5.75 Å². The van der Waals surface area contributed by atoms with Crippen LogP contribution in [0.25, 0.3) is 11.3 Å². The minimum absolute atomic E-state index is 0.277. The van der Waals surface area contributed by atoms with Crippen molar-refractivity contribution in [3.8, 4) is 17.0 Å². The van der Waals surface area contributed by atoms with Gasteiger partial charge in [0.2, 0.25) is 0 Å². The van der Waals surface area contributed by atoms with E-state index in [0.29, 0.717) is 12.3 Å². The number of nitrogens with one attached hydrogen (secondary N) is 1. The third-order valence-corrected chi connectivity index (χ3v) is 4.66. The summed E-state index contributed by atoms with van der Waals surface area (Å²) in [4.78, 5) is 16.4. The SMILES string of the molecule is O=C(Nc1nc(-c2ccc3c(c2)CCO3)cs1)c1c(F)cccc1F. The van der Waals surface area contributed by atoms with Gasteiger partial charge < -0.3 is 4.74 Å². The van der Waals surface area contributed by atoms with Gasteiger partial charge in [0, 0.05) is 17.4 Å². The van der Waals surface area contributed by atoms with Crippen molar-refractivity contribution >= 4 is 22.4 Å². The molecule has 0 bridgehead atoms. The van der Waals surface area contributed by atoms with Crippen LogP contribution >= 0.6 is 11.3 Å². The van der Waals surface area contributed by atoms with Crippen LogP contribution < -0.4 is 10.1 Å². The van der Waals surface area contributed by atoms with Crippen molar-refractivity contribution in [1.29, 1.82) is 0 Å². The Morgan fingerprint density at radius 3 is 2.80 bits per heavy atom. The second-order valence-electron chi connectivity index (χ2n) is 5.51. The van der Waals surface area contributed by atoms with Gasteiger partial charge in [-0.1, -0.05) is 6.07 Å². The molecule has 4 nitrogen and oxygen atoms in total. The van der Waals surface area contributed by atoms with Crippen LogP contribution in [-0.2, 0) is 6.42 Å². The quantitative estimate of drug-likeness (QED) is 0.760. The second-order valence-corrected chi connectivity index (χ2v) is 6.37. The molecule has 0 unspecified atom stereocenters. The molecular weight excluding hydrogens is 346 g/mol. The summed E-state index contributed by atoms with van der Waals surface area (Å²) in [5, 5.41) is 4.51. The summed E-state index contributed by atoms with van der Waals surface area (Å²) in [5.74, 6) is -1.80. The number of aromatic nitrogens is 1. The third-order valence-electron chi connectivity index (χ3n) is 3.90. The largest absolute Gasteiger partial charge is 0.493 e. The fraction of sp³-hybridized carbons (Fsp3) is 0.111. The van der Waals surface area contributed by atoms with Crippen LogP contribution in [0, 0.1) is 11.6 Å². The molecule has 0 aliphatic carbocycles. The van der Waals surface area contributed by atoms with Gasteiger partial charge in [-0.3, -0.25) is 10.1 Å². The Balaban J connectivity index is 1.57. The molecule has 0 radical (unpaired) electrons. The molecule has 1 aliphatic heterocycles. The van der Waals surface area contributed by atoms with Gasteiger partial charge in [0.1, 0.15) is 22.9 Å². The summed E-state index contributed by atoms with van der Waals surface area (Å²) in [6.07, 6.45) is 0.851. The van der Waals surface area contributed by atoms with E-state index in [1.54, 1.807) is 5.38 Å². The van der Waals surface area contributed by atoms with E-state index < -0.39 is 23.1 Å². The van der Waals surface area contributed by atoms with E-state index in [1.165, 1.54) is 17.4 Å². The third kappa shape index (κ3) is 2.98. The number of rotatable bonds is 3. The molecule has 0 spiro atoms. The summed E-state index contributed by atoms with van der Waals surface area (Å²) in [5.41, 5.74) is 2.08. The summed E-state index contributed by atoms with van der Waals surface area (Å²) in [7, 11) is 0. The van der Waals surface area contributed by atoms with E-state index in [-0.39, 0.29) is 5.13 Å². The minimum Gasteiger partial charge on any atom is -0.493 e. The van der Waals surface area contributed by atoms with Gasteiger partial charge >= 0.3 is 0 Å². The predicted octanol–water partition coefficient (Wildman–Crippen LogP) is 4.28. The molecule has 4 rings (SSSR count). The molecule has 126 valence electrons. The van der Waals surface area contributed by atoms with Crippen molar-refractivity contribution < 1.29 is 18.3 Å². The number of hydrogen-bond acceptors (Lipinski definition) is 4. The molecule has 3 aromatic rings. The van der Waals surface area contributed by atoms with Crippen LogP contribution in [0.3, 0.4) is 0 Å². The van der Waals surface area contributed by atoms with Crippen LogP contribution in [0.2, 0.25) is 0 Å². The first-order chi connectivity index (χ1) is 12.1. The van der Waals surface area contributed by atoms with E-state index in [4.69, 9.17) is 4.74 Å². The van der Waals surface area contributed by atoms with E-state index >= 15 is 0 Å². The molecule has 1 amide bonds. The minimum atomic E-state index is -0.909. The van der Waals surface area contributed by atoms with Crippen molar-refractivity contribution in [2.75, 3.05) is 11.9 Å². The average Bonchev–Trinajstić information content (AvgIpc) is 3.22. The molecule has 0 saturated carbocycles. The zero-order chi connectivity index (χ0) is 17.4. The van der Waals surface area contributed by atoms with E-state index in [9.17, 15) is 13.6 Å². The molecule has 0 fully saturated rings. The maximum Gasteiger partial charge on any atom is 0.263 e. The van der Waals surface area contributed by atoms with E-state index in [1.807, 2.05) is 18.2 Å². The number of amides is 1. The molecule has 0 atom stereocenters. The van der Waals surface area contributed by atoms with Gasteiger partial charge in [-0.25, -0.2) is 13.8 Å². The number of carbonyl (C=O) groups excluding carboxylic acids is 1. The number of ether oxygens (including phenoxy) is 1. The van der Waals surface area contributed by atoms with Gasteiger partial charge in [0.25, 0.3) is 5.91 Å². The van der Waals surface area contributed by atoms with Crippen molar-refractivity contribution in [2.24, 2.45) is 0 Å². The topological polar surface area (TPSA) is 51.2 Å². The average molecular weight is 358 g/mol. The second kappa shape index (κ2) is 6.25. The molecule has 0 saturated heterocycles. The predicted molar refractivity (Wildman–Crippen MR) is 91.1 cm³/mol. The van der Waals surface area contributed by atoms with Crippen LogP contribution in [-0.4, -0.2) is 17.5 Å². The maximum absolute atomic E-state index is 13.7. The van der Waals surface area contributed by atoms with Crippen molar-refractivity contribution in [2.45, 2.75) is 6.42 Å². The Hall–Kier alpha value is -2.80. The molecule has 1 N–H and O–H groups in total. The lowest BCUT2D eigenvalue weighted by atomic mass is 10.1. The summed E-state index contributed by atoms with van der Waals surface area (Å²) in [6.45, 7) is 0.672. The standard InChI is InChI=1S/C18H12F2N2O2S/c19-12-2-1-3-13(20)16(12)17(23)22-18-21-14(9-25-18)10-4-5-15-11(8-10)6-7-24-15/h1-5,8-9H,6-7H2,(H,21,22,23). The van der Waals surface area contributed by atoms with Gasteiger partial charge in [0.15, 0.2) is 5.13 Å². The molecule has 2 heterocycles. The first-order valence-corrected chi connectivity index (χ1v) is 8.47. The zero-order valence-electron chi connectivity index (χ0n) is 12.9. The van der Waals surface area contributed by atoms with Crippen LogP contribution in [0.15, 0.2) is 41.8 Å². The Morgan fingerprint density at radius 1 is 1.20 bits per heavy atom. The van der Waals surface area contributed by atoms with Gasteiger partial charge in [0.05, 0.1) is 12.3 Å².